The van der Waals surface area contributed by atoms with Crippen LogP contribution in [-0.4, -0.2) is 36.6 Å². The van der Waals surface area contributed by atoms with Crippen LogP contribution < -0.4 is 19.5 Å². The molecule has 0 unspecified atom stereocenters. The lowest BCUT2D eigenvalue weighted by Crippen LogP contribution is -2.13. The summed E-state index contributed by atoms with van der Waals surface area (Å²) in [6.45, 7) is 0. The Balaban J connectivity index is 1.70. The quantitative estimate of drug-likeness (QED) is 0.705. The van der Waals surface area contributed by atoms with Gasteiger partial charge in [0.15, 0.2) is 11.5 Å². The highest BCUT2D eigenvalue weighted by Crippen LogP contribution is 2.39. The van der Waals surface area contributed by atoms with Gasteiger partial charge in [0.2, 0.25) is 11.7 Å². The van der Waals surface area contributed by atoms with Crippen LogP contribution in [0.25, 0.3) is 5.52 Å². The Morgan fingerprint density at radius 1 is 1.12 bits per heavy atom. The van der Waals surface area contributed by atoms with Crippen LogP contribution in [0.5, 0.6) is 17.2 Å². The first-order valence-electron chi connectivity index (χ1n) is 8.17. The number of amides is 1. The van der Waals surface area contributed by atoms with Crippen molar-refractivity contribution in [3.05, 3.63) is 48.5 Å². The molecule has 3 aromatic rings. The molecule has 0 saturated heterocycles. The summed E-state index contributed by atoms with van der Waals surface area (Å²) in [5.41, 5.74) is 1.59. The topological polar surface area (TPSA) is 74.1 Å². The summed E-state index contributed by atoms with van der Waals surface area (Å²) in [7, 11) is 4.60. The number of anilines is 1. The Labute approximate surface area is 151 Å². The van der Waals surface area contributed by atoms with E-state index < -0.39 is 0 Å². The molecule has 2 aromatic heterocycles. The van der Waals surface area contributed by atoms with Crippen LogP contribution in [0, 0.1) is 0 Å². The Hall–Kier alpha value is -3.22. The van der Waals surface area contributed by atoms with Gasteiger partial charge in [-0.05, 0) is 12.1 Å². The van der Waals surface area contributed by atoms with Crippen molar-refractivity contribution in [3.8, 4) is 17.2 Å². The average Bonchev–Trinajstić information content (AvgIpc) is 3.08. The number of fused-ring (bicyclic) bond motifs is 1. The van der Waals surface area contributed by atoms with Gasteiger partial charge in [-0.25, -0.2) is 4.98 Å². The van der Waals surface area contributed by atoms with E-state index >= 15 is 0 Å². The fourth-order valence-corrected chi connectivity index (χ4v) is 2.79. The number of methoxy groups -OCH3 is 3. The highest BCUT2D eigenvalue weighted by molar-refractivity contribution is 5.91. The molecule has 3 rings (SSSR count). The number of nitrogens with zero attached hydrogens (tertiary/aromatic N) is 2. The van der Waals surface area contributed by atoms with Gasteiger partial charge in [-0.15, -0.1) is 0 Å². The van der Waals surface area contributed by atoms with Crippen LogP contribution in [-0.2, 0) is 11.2 Å². The van der Waals surface area contributed by atoms with Crippen molar-refractivity contribution in [2.45, 2.75) is 12.8 Å². The van der Waals surface area contributed by atoms with Crippen molar-refractivity contribution < 1.29 is 19.0 Å². The van der Waals surface area contributed by atoms with Crippen molar-refractivity contribution in [2.75, 3.05) is 26.6 Å². The second kappa shape index (κ2) is 7.77. The SMILES string of the molecule is COc1cc(NC(=O)CCc2ncc3ccccn23)cc(OC)c1OC. The monoisotopic (exact) mass is 355 g/mol. The number of pyridine rings is 1. The summed E-state index contributed by atoms with van der Waals surface area (Å²) >= 11 is 0. The molecule has 0 spiro atoms. The van der Waals surface area contributed by atoms with E-state index in [0.29, 0.717) is 35.8 Å². The molecule has 1 N–H and O–H groups in total. The number of hydrogen-bond donors (Lipinski definition) is 1. The molecule has 136 valence electrons. The molecule has 0 bridgehead atoms. The Bertz CT molecular complexity index is 895. The molecule has 0 fully saturated rings. The first-order chi connectivity index (χ1) is 12.7. The maximum atomic E-state index is 12.3. The number of aryl methyl sites for hydroxylation is 1. The Kier molecular flexibility index (Phi) is 5.26. The molecule has 2 heterocycles. The zero-order valence-corrected chi connectivity index (χ0v) is 15.0. The summed E-state index contributed by atoms with van der Waals surface area (Å²) in [4.78, 5) is 16.7. The predicted molar refractivity (Wildman–Crippen MR) is 98.2 cm³/mol. The van der Waals surface area contributed by atoms with E-state index in [1.54, 1.807) is 18.3 Å². The van der Waals surface area contributed by atoms with Gasteiger partial charge >= 0.3 is 0 Å². The van der Waals surface area contributed by atoms with Gasteiger partial charge in [0.25, 0.3) is 0 Å². The number of carbonyl (C=O) groups is 1. The highest BCUT2D eigenvalue weighted by atomic mass is 16.5. The third kappa shape index (κ3) is 3.56. The van der Waals surface area contributed by atoms with Crippen LogP contribution in [0.1, 0.15) is 12.2 Å². The van der Waals surface area contributed by atoms with Gasteiger partial charge in [0, 0.05) is 36.9 Å². The van der Waals surface area contributed by atoms with Gasteiger partial charge in [-0.1, -0.05) is 6.07 Å². The van der Waals surface area contributed by atoms with Gasteiger partial charge in [0.05, 0.1) is 33.0 Å². The second-order valence-electron chi connectivity index (χ2n) is 5.63. The minimum atomic E-state index is -0.119. The van der Waals surface area contributed by atoms with Gasteiger partial charge < -0.3 is 23.9 Å². The molecular formula is C19H21N3O4. The molecule has 0 aliphatic heterocycles. The van der Waals surface area contributed by atoms with Crippen molar-refractivity contribution in [2.24, 2.45) is 0 Å². The number of ether oxygens (including phenoxy) is 3. The minimum Gasteiger partial charge on any atom is -0.493 e. The lowest BCUT2D eigenvalue weighted by Gasteiger charge is -2.14. The summed E-state index contributed by atoms with van der Waals surface area (Å²) in [6.07, 6.45) is 4.58. The van der Waals surface area contributed by atoms with Gasteiger partial charge in [-0.2, -0.15) is 0 Å². The van der Waals surface area contributed by atoms with Crippen LogP contribution in [0.3, 0.4) is 0 Å². The van der Waals surface area contributed by atoms with Gasteiger partial charge in [0.1, 0.15) is 5.82 Å². The molecule has 7 heteroatoms. The van der Waals surface area contributed by atoms with Crippen LogP contribution in [0.2, 0.25) is 0 Å². The molecular weight excluding hydrogens is 334 g/mol. The number of carbonyl (C=O) groups excluding carboxylic acids is 1. The smallest absolute Gasteiger partial charge is 0.224 e. The fourth-order valence-electron chi connectivity index (χ4n) is 2.79. The molecule has 0 aliphatic carbocycles. The molecule has 1 amide bonds. The predicted octanol–water partition coefficient (Wildman–Crippen LogP) is 2.93. The molecule has 1 aromatic carbocycles. The van der Waals surface area contributed by atoms with E-state index in [9.17, 15) is 4.79 Å². The van der Waals surface area contributed by atoms with E-state index in [2.05, 4.69) is 10.3 Å². The van der Waals surface area contributed by atoms with E-state index in [4.69, 9.17) is 14.2 Å². The highest BCUT2D eigenvalue weighted by Gasteiger charge is 2.15. The largest absolute Gasteiger partial charge is 0.493 e. The van der Waals surface area contributed by atoms with E-state index in [0.717, 1.165) is 11.3 Å². The van der Waals surface area contributed by atoms with Crippen LogP contribution in [0.4, 0.5) is 5.69 Å². The lowest BCUT2D eigenvalue weighted by molar-refractivity contribution is -0.116. The molecule has 0 radical (unpaired) electrons. The third-order valence-electron chi connectivity index (χ3n) is 4.04. The van der Waals surface area contributed by atoms with E-state index in [-0.39, 0.29) is 5.91 Å². The number of benzene rings is 1. The molecule has 0 saturated carbocycles. The number of aromatic nitrogens is 2. The standard InChI is InChI=1S/C19H21N3O4/c1-24-15-10-13(11-16(25-2)19(15)26-3)21-18(23)8-7-17-20-12-14-6-4-5-9-22(14)17/h4-6,9-12H,7-8H2,1-3H3,(H,21,23). The van der Waals surface area contributed by atoms with Crippen LogP contribution >= 0.6 is 0 Å². The number of imidazole rings is 1. The molecule has 0 aliphatic rings. The van der Waals surface area contributed by atoms with Crippen molar-refractivity contribution in [3.63, 3.8) is 0 Å². The fraction of sp³-hybridized carbons (Fsp3) is 0.263. The maximum Gasteiger partial charge on any atom is 0.224 e. The number of hydrogen-bond acceptors (Lipinski definition) is 5. The maximum absolute atomic E-state index is 12.3. The number of rotatable bonds is 7. The summed E-state index contributed by atoms with van der Waals surface area (Å²) in [5.74, 6) is 2.19. The Morgan fingerprint density at radius 3 is 2.50 bits per heavy atom. The molecule has 26 heavy (non-hydrogen) atoms. The molecule has 0 atom stereocenters. The first-order valence-corrected chi connectivity index (χ1v) is 8.17. The van der Waals surface area contributed by atoms with Crippen LogP contribution in [0.15, 0.2) is 42.7 Å². The third-order valence-corrected chi connectivity index (χ3v) is 4.04. The van der Waals surface area contributed by atoms with E-state index in [1.807, 2.05) is 28.8 Å². The number of nitrogens with one attached hydrogen (secondary N) is 1. The van der Waals surface area contributed by atoms with Crippen molar-refractivity contribution >= 4 is 17.1 Å². The zero-order valence-electron chi connectivity index (χ0n) is 15.0. The summed E-state index contributed by atoms with van der Waals surface area (Å²) < 4.78 is 17.9. The minimum absolute atomic E-state index is 0.119. The van der Waals surface area contributed by atoms with E-state index in [1.165, 1.54) is 21.3 Å². The molecule has 7 nitrogen and oxygen atoms in total. The summed E-state index contributed by atoms with van der Waals surface area (Å²) in [6, 6.07) is 9.27. The average molecular weight is 355 g/mol. The summed E-state index contributed by atoms with van der Waals surface area (Å²) in [5, 5.41) is 2.86. The normalized spacial score (nSPS) is 10.6. The second-order valence-corrected chi connectivity index (χ2v) is 5.63. The zero-order chi connectivity index (χ0) is 18.5. The van der Waals surface area contributed by atoms with Crippen molar-refractivity contribution in [1.29, 1.82) is 0 Å². The Morgan fingerprint density at radius 2 is 1.85 bits per heavy atom. The first kappa shape index (κ1) is 17.6. The van der Waals surface area contributed by atoms with Crippen molar-refractivity contribution in [1.82, 2.24) is 9.38 Å². The van der Waals surface area contributed by atoms with Gasteiger partial charge in [-0.3, -0.25) is 4.79 Å². The lowest BCUT2D eigenvalue weighted by atomic mass is 10.2.